The van der Waals surface area contributed by atoms with Gasteiger partial charge in [0.25, 0.3) is 0 Å². The number of benzene rings is 1. The van der Waals surface area contributed by atoms with E-state index in [1.165, 1.54) is 0 Å². The lowest BCUT2D eigenvalue weighted by Gasteiger charge is -2.41. The highest BCUT2D eigenvalue weighted by atomic mass is 32.2. The fraction of sp³-hybridized carbons (Fsp3) is 0.333. The third-order valence-electron chi connectivity index (χ3n) is 5.88. The summed E-state index contributed by atoms with van der Waals surface area (Å²) >= 11 is 0. The van der Waals surface area contributed by atoms with Gasteiger partial charge in [0, 0.05) is 5.92 Å². The van der Waals surface area contributed by atoms with Gasteiger partial charge in [0.05, 0.1) is 5.75 Å². The van der Waals surface area contributed by atoms with Crippen LogP contribution < -0.4 is 0 Å². The summed E-state index contributed by atoms with van der Waals surface area (Å²) in [4.78, 5) is 0. The van der Waals surface area contributed by atoms with Gasteiger partial charge in [-0.05, 0) is 43.2 Å². The van der Waals surface area contributed by atoms with Gasteiger partial charge in [-0.25, -0.2) is 8.42 Å². The van der Waals surface area contributed by atoms with Crippen molar-refractivity contribution in [3.05, 3.63) is 122 Å². The summed E-state index contributed by atoms with van der Waals surface area (Å²) in [6.07, 6.45) is 21.5. The maximum absolute atomic E-state index is 13.9. The molecule has 3 heteroatoms. The minimum absolute atomic E-state index is 0.0285. The first kappa shape index (κ1) is 28.4. The minimum atomic E-state index is -3.51. The van der Waals surface area contributed by atoms with Crippen LogP contribution in [0.5, 0.6) is 0 Å². The molecule has 0 heterocycles. The zero-order chi connectivity index (χ0) is 24.7. The van der Waals surface area contributed by atoms with Gasteiger partial charge in [-0.3, -0.25) is 0 Å². The molecule has 1 aliphatic carbocycles. The normalized spacial score (nSPS) is 17.4. The zero-order valence-corrected chi connectivity index (χ0v) is 21.3. The number of hydrogen-bond acceptors (Lipinski definition) is 2. The molecule has 0 amide bonds. The SMILES string of the molecule is C=CC(C)C/C=C\C(C)C(C1=CC=CCC1)(c1ccccc1)S(=O)(=O)C/C=C\C.C=CC=C. The van der Waals surface area contributed by atoms with Crippen molar-refractivity contribution in [3.63, 3.8) is 0 Å². The Kier molecular flexibility index (Phi) is 12.5. The number of allylic oxidation sites excluding steroid dienone is 9. The summed E-state index contributed by atoms with van der Waals surface area (Å²) < 4.78 is 26.8. The topological polar surface area (TPSA) is 34.1 Å². The van der Waals surface area contributed by atoms with Crippen molar-refractivity contribution in [2.75, 3.05) is 5.75 Å². The van der Waals surface area contributed by atoms with E-state index in [0.717, 1.165) is 30.4 Å². The van der Waals surface area contributed by atoms with Crippen LogP contribution in [0, 0.1) is 11.8 Å². The Labute approximate surface area is 202 Å². The van der Waals surface area contributed by atoms with Gasteiger partial charge >= 0.3 is 0 Å². The van der Waals surface area contributed by atoms with Gasteiger partial charge in [0.2, 0.25) is 0 Å². The second-order valence-electron chi connectivity index (χ2n) is 8.25. The molecule has 178 valence electrons. The Morgan fingerprint density at radius 3 is 2.24 bits per heavy atom. The highest BCUT2D eigenvalue weighted by molar-refractivity contribution is 7.92. The standard InChI is InChI=1S/C26H34O2S.C4H6/c1-5-7-21-29(27,28)26(24-17-10-8-11-18-24,25-19-12-9-13-20-25)23(4)16-14-15-22(3)6-2;1-3-4-2/h5-12,14,16-19,22-23H,2,13,15,20-21H2,1,3-4H3;3-4H,1-2H2/b7-5-,16-14-;. The van der Waals surface area contributed by atoms with E-state index in [4.69, 9.17) is 0 Å². The Morgan fingerprint density at radius 1 is 1.06 bits per heavy atom. The first-order valence-corrected chi connectivity index (χ1v) is 13.2. The van der Waals surface area contributed by atoms with Crippen LogP contribution in [0.15, 0.2) is 116 Å². The van der Waals surface area contributed by atoms with E-state index in [2.05, 4.69) is 44.9 Å². The van der Waals surface area contributed by atoms with Gasteiger partial charge < -0.3 is 0 Å². The van der Waals surface area contributed by atoms with Crippen molar-refractivity contribution < 1.29 is 8.42 Å². The molecule has 0 fully saturated rings. The summed E-state index contributed by atoms with van der Waals surface area (Å²) in [6.45, 7) is 16.6. The molecular weight excluding hydrogens is 424 g/mol. The van der Waals surface area contributed by atoms with Gasteiger partial charge in [0.15, 0.2) is 9.84 Å². The third-order valence-corrected chi connectivity index (χ3v) is 8.36. The first-order chi connectivity index (χ1) is 15.8. The smallest absolute Gasteiger partial charge is 0.168 e. The van der Waals surface area contributed by atoms with Gasteiger partial charge in [-0.15, -0.1) is 6.58 Å². The Hall–Kier alpha value is -2.65. The second kappa shape index (κ2) is 14.5. The lowest BCUT2D eigenvalue weighted by Crippen LogP contribution is -2.44. The summed E-state index contributed by atoms with van der Waals surface area (Å²) in [5.41, 5.74) is 1.82. The van der Waals surface area contributed by atoms with E-state index >= 15 is 0 Å². The van der Waals surface area contributed by atoms with Gasteiger partial charge in [0.1, 0.15) is 4.75 Å². The van der Waals surface area contributed by atoms with Crippen molar-refractivity contribution in [2.45, 2.75) is 44.8 Å². The molecule has 0 spiro atoms. The number of rotatable bonds is 11. The van der Waals surface area contributed by atoms with Crippen LogP contribution in [0.4, 0.5) is 0 Å². The predicted molar refractivity (Wildman–Crippen MR) is 146 cm³/mol. The molecule has 2 rings (SSSR count). The van der Waals surface area contributed by atoms with E-state index in [1.54, 1.807) is 18.2 Å². The van der Waals surface area contributed by atoms with Crippen LogP contribution in [0.3, 0.4) is 0 Å². The van der Waals surface area contributed by atoms with Crippen LogP contribution in [0.2, 0.25) is 0 Å². The molecule has 0 saturated carbocycles. The third kappa shape index (κ3) is 7.43. The summed E-state index contributed by atoms with van der Waals surface area (Å²) in [7, 11) is -3.51. The van der Waals surface area contributed by atoms with Crippen LogP contribution >= 0.6 is 0 Å². The van der Waals surface area contributed by atoms with Crippen LogP contribution in [0.1, 0.15) is 45.6 Å². The average Bonchev–Trinajstić information content (AvgIpc) is 2.84. The van der Waals surface area contributed by atoms with E-state index in [-0.39, 0.29) is 11.7 Å². The molecule has 0 aromatic heterocycles. The fourth-order valence-corrected chi connectivity index (χ4v) is 6.50. The zero-order valence-electron chi connectivity index (χ0n) is 20.5. The maximum Gasteiger partial charge on any atom is 0.168 e. The van der Waals surface area contributed by atoms with Crippen molar-refractivity contribution in [3.8, 4) is 0 Å². The summed E-state index contributed by atoms with van der Waals surface area (Å²) in [5.74, 6) is 0.191. The predicted octanol–water partition coefficient (Wildman–Crippen LogP) is 7.91. The van der Waals surface area contributed by atoms with E-state index in [9.17, 15) is 8.42 Å². The Bertz CT molecular complexity index is 971. The molecule has 0 N–H and O–H groups in total. The lowest BCUT2D eigenvalue weighted by atomic mass is 9.77. The monoisotopic (exact) mass is 464 g/mol. The Balaban J connectivity index is 0.00000125. The minimum Gasteiger partial charge on any atom is -0.227 e. The highest BCUT2D eigenvalue weighted by Crippen LogP contribution is 2.48. The summed E-state index contributed by atoms with van der Waals surface area (Å²) in [5, 5.41) is 0. The molecule has 3 atom stereocenters. The van der Waals surface area contributed by atoms with E-state index < -0.39 is 14.6 Å². The van der Waals surface area contributed by atoms with Gasteiger partial charge in [-0.2, -0.15) is 0 Å². The van der Waals surface area contributed by atoms with Crippen molar-refractivity contribution >= 4 is 9.84 Å². The van der Waals surface area contributed by atoms with Crippen LogP contribution in [0.25, 0.3) is 0 Å². The lowest BCUT2D eigenvalue weighted by molar-refractivity contribution is 0.479. The molecule has 1 aliphatic rings. The molecular formula is C30H40O2S. The first-order valence-electron chi connectivity index (χ1n) is 11.6. The largest absolute Gasteiger partial charge is 0.227 e. The van der Waals surface area contributed by atoms with Crippen LogP contribution in [-0.4, -0.2) is 14.2 Å². The van der Waals surface area contributed by atoms with Crippen molar-refractivity contribution in [1.29, 1.82) is 0 Å². The van der Waals surface area contributed by atoms with Crippen molar-refractivity contribution in [2.24, 2.45) is 11.8 Å². The van der Waals surface area contributed by atoms with E-state index in [1.807, 2.05) is 68.5 Å². The molecule has 3 unspecified atom stereocenters. The average molecular weight is 465 g/mol. The Morgan fingerprint density at radius 2 is 1.73 bits per heavy atom. The van der Waals surface area contributed by atoms with E-state index in [0.29, 0.717) is 5.92 Å². The molecule has 0 radical (unpaired) electrons. The molecule has 33 heavy (non-hydrogen) atoms. The fourth-order valence-electron chi connectivity index (χ4n) is 4.08. The summed E-state index contributed by atoms with van der Waals surface area (Å²) in [6, 6.07) is 9.73. The molecule has 0 aliphatic heterocycles. The van der Waals surface area contributed by atoms with Crippen molar-refractivity contribution in [1.82, 2.24) is 0 Å². The number of hydrogen-bond donors (Lipinski definition) is 0. The number of sulfone groups is 1. The quantitative estimate of drug-likeness (QED) is 0.246. The molecule has 2 nitrogen and oxygen atoms in total. The van der Waals surface area contributed by atoms with Gasteiger partial charge in [-0.1, -0.05) is 118 Å². The highest BCUT2D eigenvalue weighted by Gasteiger charge is 2.50. The maximum atomic E-state index is 13.9. The molecule has 0 bridgehead atoms. The second-order valence-corrected chi connectivity index (χ2v) is 10.5. The molecule has 1 aromatic rings. The van der Waals surface area contributed by atoms with Crippen LogP contribution in [-0.2, 0) is 14.6 Å². The molecule has 1 aromatic carbocycles. The molecule has 0 saturated heterocycles.